The van der Waals surface area contributed by atoms with Crippen LogP contribution in [0.4, 0.5) is 34.1 Å². The second-order valence-electron chi connectivity index (χ2n) is 12.0. The average molecular weight is 637 g/mol. The summed E-state index contributed by atoms with van der Waals surface area (Å²) in [6, 6.07) is 49.8. The SMILES string of the molecule is COc1cc(OC)cc(-c2cc(-c3ccc(C#N)cc3)nc3c(N4c5ccccc5N(c5ccccc5)c5ccccc54)ccc(C)c23)c1. The van der Waals surface area contributed by atoms with Gasteiger partial charge < -0.3 is 19.3 Å². The van der Waals surface area contributed by atoms with E-state index in [2.05, 4.69) is 114 Å². The molecule has 2 heterocycles. The Labute approximate surface area is 285 Å². The fraction of sp³-hybridized carbons (Fsp3) is 0.0698. The Morgan fingerprint density at radius 3 is 1.71 bits per heavy atom. The van der Waals surface area contributed by atoms with E-state index in [1.807, 2.05) is 48.5 Å². The van der Waals surface area contributed by atoms with Gasteiger partial charge in [-0.3, -0.25) is 0 Å². The Balaban J connectivity index is 1.45. The van der Waals surface area contributed by atoms with Crippen molar-refractivity contribution in [2.45, 2.75) is 6.92 Å². The van der Waals surface area contributed by atoms with Gasteiger partial charge in [-0.05, 0) is 96.4 Å². The standard InChI is InChI=1S/C43H32N4O2/c1-28-17-22-41(47-39-15-9-7-13-37(39)46(32-11-5-4-6-12-32)38-14-8-10-16-40(38)47)43-42(28)35(31-23-33(48-2)25-34(24-31)49-3)26-36(45-43)30-20-18-29(27-44)19-21-30/h4-26H,1-3H3. The van der Waals surface area contributed by atoms with Crippen LogP contribution in [0.15, 0.2) is 140 Å². The second kappa shape index (κ2) is 12.2. The highest BCUT2D eigenvalue weighted by molar-refractivity contribution is 6.10. The Hall–Kier alpha value is -6.58. The molecule has 0 amide bonds. The van der Waals surface area contributed by atoms with Crippen molar-refractivity contribution in [1.29, 1.82) is 5.26 Å². The Morgan fingerprint density at radius 1 is 0.571 bits per heavy atom. The molecule has 236 valence electrons. The number of nitriles is 1. The van der Waals surface area contributed by atoms with Crippen LogP contribution in [0.2, 0.25) is 0 Å². The molecule has 0 N–H and O–H groups in total. The van der Waals surface area contributed by atoms with Gasteiger partial charge in [0.15, 0.2) is 0 Å². The van der Waals surface area contributed by atoms with E-state index in [4.69, 9.17) is 14.5 Å². The molecule has 6 nitrogen and oxygen atoms in total. The number of methoxy groups -OCH3 is 2. The summed E-state index contributed by atoms with van der Waals surface area (Å²) in [5, 5.41) is 10.5. The molecule has 49 heavy (non-hydrogen) atoms. The van der Waals surface area contributed by atoms with Gasteiger partial charge in [0.05, 0.1) is 65.5 Å². The summed E-state index contributed by atoms with van der Waals surface area (Å²) in [7, 11) is 3.33. The van der Waals surface area contributed by atoms with Crippen molar-refractivity contribution in [2.75, 3.05) is 24.0 Å². The van der Waals surface area contributed by atoms with E-state index in [9.17, 15) is 5.26 Å². The fourth-order valence-electron chi connectivity index (χ4n) is 6.79. The first kappa shape index (κ1) is 29.8. The summed E-state index contributed by atoms with van der Waals surface area (Å²) < 4.78 is 11.4. The lowest BCUT2D eigenvalue weighted by atomic mass is 9.93. The first-order valence-electron chi connectivity index (χ1n) is 16.1. The van der Waals surface area contributed by atoms with Crippen LogP contribution in [0.1, 0.15) is 11.1 Å². The van der Waals surface area contributed by atoms with E-state index in [0.717, 1.165) is 73.0 Å². The monoisotopic (exact) mass is 636 g/mol. The van der Waals surface area contributed by atoms with E-state index in [-0.39, 0.29) is 0 Å². The molecule has 0 saturated heterocycles. The summed E-state index contributed by atoms with van der Waals surface area (Å²) in [5.41, 5.74) is 12.5. The molecule has 1 aliphatic rings. The maximum atomic E-state index is 9.50. The molecule has 0 aliphatic carbocycles. The molecule has 0 unspecified atom stereocenters. The van der Waals surface area contributed by atoms with Gasteiger partial charge in [-0.2, -0.15) is 5.26 Å². The molecule has 0 radical (unpaired) electrons. The molecule has 7 aromatic rings. The summed E-state index contributed by atoms with van der Waals surface area (Å²) in [5.74, 6) is 1.40. The van der Waals surface area contributed by atoms with E-state index in [1.54, 1.807) is 14.2 Å². The zero-order chi connectivity index (χ0) is 33.5. The molecule has 6 aromatic carbocycles. The predicted octanol–water partition coefficient (Wildman–Crippen LogP) is 11.0. The quantitative estimate of drug-likeness (QED) is 0.181. The minimum Gasteiger partial charge on any atom is -0.497 e. The van der Waals surface area contributed by atoms with Gasteiger partial charge in [-0.15, -0.1) is 0 Å². The number of rotatable bonds is 6. The Bertz CT molecular complexity index is 2330. The molecule has 8 rings (SSSR count). The summed E-state index contributed by atoms with van der Waals surface area (Å²) in [4.78, 5) is 10.1. The number of para-hydroxylation sites is 5. The number of hydrogen-bond acceptors (Lipinski definition) is 6. The number of hydrogen-bond donors (Lipinski definition) is 0. The van der Waals surface area contributed by atoms with Crippen molar-refractivity contribution in [2.24, 2.45) is 0 Å². The predicted molar refractivity (Wildman–Crippen MR) is 198 cm³/mol. The number of aromatic nitrogens is 1. The van der Waals surface area contributed by atoms with Gasteiger partial charge in [0, 0.05) is 22.7 Å². The van der Waals surface area contributed by atoms with Gasteiger partial charge in [0.1, 0.15) is 11.5 Å². The van der Waals surface area contributed by atoms with Gasteiger partial charge in [0.2, 0.25) is 0 Å². The summed E-state index contributed by atoms with van der Waals surface area (Å²) in [6.45, 7) is 2.13. The van der Waals surface area contributed by atoms with Gasteiger partial charge >= 0.3 is 0 Å². The number of anilines is 6. The van der Waals surface area contributed by atoms with Crippen LogP contribution in [0, 0.1) is 18.3 Å². The number of ether oxygens (including phenoxy) is 2. The number of pyridine rings is 1. The van der Waals surface area contributed by atoms with Crippen molar-refractivity contribution in [3.05, 3.63) is 151 Å². The molecule has 0 bridgehead atoms. The van der Waals surface area contributed by atoms with Crippen molar-refractivity contribution >= 4 is 45.0 Å². The topological polar surface area (TPSA) is 61.6 Å². The molecule has 6 heteroatoms. The first-order valence-corrected chi connectivity index (χ1v) is 16.1. The molecular weight excluding hydrogens is 604 g/mol. The van der Waals surface area contributed by atoms with E-state index in [0.29, 0.717) is 17.1 Å². The highest BCUT2D eigenvalue weighted by atomic mass is 16.5. The third-order valence-corrected chi connectivity index (χ3v) is 9.10. The van der Waals surface area contributed by atoms with Gasteiger partial charge in [0.25, 0.3) is 0 Å². The highest BCUT2D eigenvalue weighted by Gasteiger charge is 2.31. The van der Waals surface area contributed by atoms with Gasteiger partial charge in [-0.25, -0.2) is 4.98 Å². The average Bonchev–Trinajstić information content (AvgIpc) is 3.17. The number of benzene rings is 6. The molecular formula is C43H32N4O2. The van der Waals surface area contributed by atoms with Crippen LogP contribution in [-0.4, -0.2) is 19.2 Å². The van der Waals surface area contributed by atoms with Crippen LogP contribution in [0.5, 0.6) is 11.5 Å². The minimum atomic E-state index is 0.600. The maximum absolute atomic E-state index is 9.50. The van der Waals surface area contributed by atoms with Crippen molar-refractivity contribution < 1.29 is 9.47 Å². The van der Waals surface area contributed by atoms with Gasteiger partial charge in [-0.1, -0.05) is 60.7 Å². The third-order valence-electron chi connectivity index (χ3n) is 9.10. The normalized spacial score (nSPS) is 11.9. The van der Waals surface area contributed by atoms with Crippen LogP contribution >= 0.6 is 0 Å². The zero-order valence-electron chi connectivity index (χ0n) is 27.4. The van der Waals surface area contributed by atoms with Crippen LogP contribution < -0.4 is 19.3 Å². The lowest BCUT2D eigenvalue weighted by Gasteiger charge is -2.40. The van der Waals surface area contributed by atoms with Crippen molar-refractivity contribution in [1.82, 2.24) is 4.98 Å². The Morgan fingerprint density at radius 2 is 1.14 bits per heavy atom. The van der Waals surface area contributed by atoms with Crippen LogP contribution in [0.25, 0.3) is 33.3 Å². The Kier molecular flexibility index (Phi) is 7.43. The molecule has 0 saturated carbocycles. The number of aryl methyl sites for hydroxylation is 1. The summed E-state index contributed by atoms with van der Waals surface area (Å²) >= 11 is 0. The molecule has 1 aromatic heterocycles. The molecule has 0 fully saturated rings. The van der Waals surface area contributed by atoms with Crippen LogP contribution in [-0.2, 0) is 0 Å². The lowest BCUT2D eigenvalue weighted by molar-refractivity contribution is 0.394. The van der Waals surface area contributed by atoms with Crippen molar-refractivity contribution in [3.63, 3.8) is 0 Å². The fourth-order valence-corrected chi connectivity index (χ4v) is 6.79. The maximum Gasteiger partial charge on any atom is 0.123 e. The second-order valence-corrected chi connectivity index (χ2v) is 12.0. The molecule has 0 atom stereocenters. The first-order chi connectivity index (χ1) is 24.1. The smallest absolute Gasteiger partial charge is 0.123 e. The van der Waals surface area contributed by atoms with Crippen molar-refractivity contribution in [3.8, 4) is 40.0 Å². The largest absolute Gasteiger partial charge is 0.497 e. The lowest BCUT2D eigenvalue weighted by Crippen LogP contribution is -2.24. The molecule has 0 spiro atoms. The van der Waals surface area contributed by atoms with E-state index >= 15 is 0 Å². The van der Waals surface area contributed by atoms with Crippen LogP contribution in [0.3, 0.4) is 0 Å². The minimum absolute atomic E-state index is 0.600. The highest BCUT2D eigenvalue weighted by Crippen LogP contribution is 2.55. The molecule has 1 aliphatic heterocycles. The third kappa shape index (κ3) is 5.09. The summed E-state index contributed by atoms with van der Waals surface area (Å²) in [6.07, 6.45) is 0. The van der Waals surface area contributed by atoms with E-state index < -0.39 is 0 Å². The number of nitrogens with zero attached hydrogens (tertiary/aromatic N) is 4. The van der Waals surface area contributed by atoms with E-state index in [1.165, 1.54) is 0 Å². The number of fused-ring (bicyclic) bond motifs is 3. The zero-order valence-corrected chi connectivity index (χ0v) is 27.4.